The van der Waals surface area contributed by atoms with E-state index >= 15 is 0 Å². The number of hydrogen-bond donors (Lipinski definition) is 0. The second kappa shape index (κ2) is 6.95. The van der Waals surface area contributed by atoms with Crippen LogP contribution >= 0.6 is 0 Å². The zero-order chi connectivity index (χ0) is 16.2. The molecule has 21 heavy (non-hydrogen) atoms. The van der Waals surface area contributed by atoms with E-state index in [9.17, 15) is 22.0 Å². The minimum atomic E-state index is -3.79. The maximum atomic E-state index is 12.2. The van der Waals surface area contributed by atoms with Crippen molar-refractivity contribution >= 4 is 15.9 Å². The maximum Gasteiger partial charge on any atom is 0.387 e. The Morgan fingerprint density at radius 2 is 1.67 bits per heavy atom. The molecule has 0 amide bonds. The summed E-state index contributed by atoms with van der Waals surface area (Å²) in [6.45, 7) is 0.327. The van der Waals surface area contributed by atoms with Gasteiger partial charge in [0.15, 0.2) is 5.78 Å². The second-order valence-electron chi connectivity index (χ2n) is 4.73. The van der Waals surface area contributed by atoms with Gasteiger partial charge in [-0.25, -0.2) is 0 Å². The van der Waals surface area contributed by atoms with Crippen LogP contribution in [-0.4, -0.2) is 33.2 Å². The van der Waals surface area contributed by atoms with Gasteiger partial charge in [0.2, 0.25) is 0 Å². The first-order chi connectivity index (χ1) is 9.60. The number of alkyl halides is 2. The monoisotopic (exact) mass is 322 g/mol. The van der Waals surface area contributed by atoms with Crippen LogP contribution in [0.25, 0.3) is 0 Å². The highest BCUT2D eigenvalue weighted by Gasteiger charge is 2.28. The molecule has 0 saturated heterocycles. The Morgan fingerprint density at radius 1 is 1.14 bits per heavy atom. The number of benzene rings is 1. The summed E-state index contributed by atoms with van der Waals surface area (Å²) in [5.74, 6) is -1.00. The van der Waals surface area contributed by atoms with Crippen molar-refractivity contribution in [3.8, 4) is 5.75 Å². The van der Waals surface area contributed by atoms with Crippen molar-refractivity contribution < 1.29 is 30.9 Å². The molecule has 0 bridgehead atoms. The van der Waals surface area contributed by atoms with Crippen LogP contribution < -0.4 is 4.74 Å². The summed E-state index contributed by atoms with van der Waals surface area (Å²) >= 11 is 0. The van der Waals surface area contributed by atoms with E-state index in [4.69, 9.17) is 4.18 Å². The van der Waals surface area contributed by atoms with Gasteiger partial charge in [-0.15, -0.1) is 0 Å². The molecule has 0 heterocycles. The third-order valence-electron chi connectivity index (χ3n) is 2.51. The summed E-state index contributed by atoms with van der Waals surface area (Å²) in [5.41, 5.74) is 0.152. The molecule has 0 aliphatic carbocycles. The first kappa shape index (κ1) is 17.5. The molecule has 1 aromatic carbocycles. The number of carbonyl (C=O) groups is 1. The first-order valence-electron chi connectivity index (χ1n) is 6.07. The van der Waals surface area contributed by atoms with E-state index in [1.807, 2.05) is 0 Å². The zero-order valence-electron chi connectivity index (χ0n) is 11.7. The zero-order valence-corrected chi connectivity index (χ0v) is 12.6. The molecule has 0 spiro atoms. The van der Waals surface area contributed by atoms with Crippen molar-refractivity contribution in [1.82, 2.24) is 0 Å². The molecule has 0 aromatic heterocycles. The number of ketones is 1. The van der Waals surface area contributed by atoms with Crippen LogP contribution in [0.5, 0.6) is 5.75 Å². The normalized spacial score (nSPS) is 13.5. The van der Waals surface area contributed by atoms with Gasteiger partial charge >= 0.3 is 6.61 Å². The van der Waals surface area contributed by atoms with Crippen LogP contribution in [0, 0.1) is 5.92 Å². The number of carbonyl (C=O) groups excluding carboxylic acids is 1. The van der Waals surface area contributed by atoms with Crippen molar-refractivity contribution in [2.24, 2.45) is 5.92 Å². The fraction of sp³-hybridized carbons (Fsp3) is 0.462. The smallest absolute Gasteiger partial charge is 0.387 e. The highest BCUT2D eigenvalue weighted by molar-refractivity contribution is 7.86. The highest BCUT2D eigenvalue weighted by atomic mass is 32.2. The Morgan fingerprint density at radius 3 is 2.05 bits per heavy atom. The van der Waals surface area contributed by atoms with E-state index in [0.717, 1.165) is 6.26 Å². The minimum Gasteiger partial charge on any atom is -0.435 e. The van der Waals surface area contributed by atoms with Crippen LogP contribution in [-0.2, 0) is 14.3 Å². The standard InChI is InChI=1S/C13H16F2O5S/c1-8(2)12(20-21(3,17)18)11(16)9-4-6-10(7-5-9)19-13(14)15/h4-8,12-13H,1-3H3. The summed E-state index contributed by atoms with van der Waals surface area (Å²) in [4.78, 5) is 12.2. The molecule has 0 aliphatic heterocycles. The molecule has 1 aromatic rings. The van der Waals surface area contributed by atoms with Crippen molar-refractivity contribution in [3.05, 3.63) is 29.8 Å². The molecule has 0 N–H and O–H groups in total. The minimum absolute atomic E-state index is 0.0910. The predicted molar refractivity (Wildman–Crippen MR) is 72.0 cm³/mol. The molecule has 0 fully saturated rings. The van der Waals surface area contributed by atoms with Gasteiger partial charge in [0.1, 0.15) is 11.9 Å². The third-order valence-corrected chi connectivity index (χ3v) is 3.06. The lowest BCUT2D eigenvalue weighted by Crippen LogP contribution is -2.32. The van der Waals surface area contributed by atoms with Crippen LogP contribution in [0.3, 0.4) is 0 Å². The van der Waals surface area contributed by atoms with Crippen LogP contribution in [0.4, 0.5) is 8.78 Å². The van der Waals surface area contributed by atoms with E-state index in [0.29, 0.717) is 0 Å². The summed E-state index contributed by atoms with van der Waals surface area (Å²) in [6.07, 6.45) is -0.309. The maximum absolute atomic E-state index is 12.2. The fourth-order valence-electron chi connectivity index (χ4n) is 1.61. The van der Waals surface area contributed by atoms with Gasteiger partial charge in [0.05, 0.1) is 6.26 Å². The Hall–Kier alpha value is -1.54. The van der Waals surface area contributed by atoms with Crippen molar-refractivity contribution in [2.45, 2.75) is 26.6 Å². The van der Waals surface area contributed by atoms with Crippen LogP contribution in [0.2, 0.25) is 0 Å². The lowest BCUT2D eigenvalue weighted by atomic mass is 9.98. The van der Waals surface area contributed by atoms with Crippen molar-refractivity contribution in [3.63, 3.8) is 0 Å². The topological polar surface area (TPSA) is 69.7 Å². The second-order valence-corrected chi connectivity index (χ2v) is 6.33. The lowest BCUT2D eigenvalue weighted by Gasteiger charge is -2.18. The van der Waals surface area contributed by atoms with Crippen molar-refractivity contribution in [1.29, 1.82) is 0 Å². The molecule has 0 radical (unpaired) electrons. The average molecular weight is 322 g/mol. The lowest BCUT2D eigenvalue weighted by molar-refractivity contribution is -0.0498. The molecular weight excluding hydrogens is 306 g/mol. The Kier molecular flexibility index (Phi) is 5.79. The Labute approximate surface area is 122 Å². The van der Waals surface area contributed by atoms with E-state index in [1.165, 1.54) is 24.3 Å². The van der Waals surface area contributed by atoms with Crippen LogP contribution in [0.15, 0.2) is 24.3 Å². The summed E-state index contributed by atoms with van der Waals surface area (Å²) in [5, 5.41) is 0. The molecule has 118 valence electrons. The van der Waals surface area contributed by atoms with Gasteiger partial charge in [-0.3, -0.25) is 8.98 Å². The van der Waals surface area contributed by atoms with Gasteiger partial charge in [-0.1, -0.05) is 13.8 Å². The van der Waals surface area contributed by atoms with E-state index in [-0.39, 0.29) is 17.2 Å². The number of hydrogen-bond acceptors (Lipinski definition) is 5. The molecular formula is C13H16F2O5S. The number of rotatable bonds is 7. The number of Topliss-reactive ketones (excluding diaryl/α,β-unsaturated/α-hetero) is 1. The third kappa shape index (κ3) is 5.76. The average Bonchev–Trinajstić information content (AvgIpc) is 2.34. The quantitative estimate of drug-likeness (QED) is 0.570. The SMILES string of the molecule is CC(C)C(OS(C)(=O)=O)C(=O)c1ccc(OC(F)F)cc1. The molecule has 1 unspecified atom stereocenters. The summed E-state index contributed by atoms with van der Waals surface area (Å²) in [7, 11) is -3.79. The molecule has 1 rings (SSSR count). The highest BCUT2D eigenvalue weighted by Crippen LogP contribution is 2.19. The largest absolute Gasteiger partial charge is 0.435 e. The molecule has 8 heteroatoms. The number of halogens is 2. The van der Waals surface area contributed by atoms with E-state index in [2.05, 4.69) is 4.74 Å². The fourth-order valence-corrected chi connectivity index (χ4v) is 2.30. The van der Waals surface area contributed by atoms with Crippen molar-refractivity contribution in [2.75, 3.05) is 6.26 Å². The molecule has 1 atom stereocenters. The van der Waals surface area contributed by atoms with Gasteiger partial charge in [-0.2, -0.15) is 17.2 Å². The molecule has 0 saturated carbocycles. The first-order valence-corrected chi connectivity index (χ1v) is 7.89. The summed E-state index contributed by atoms with van der Waals surface area (Å²) < 4.78 is 55.4. The Bertz CT molecular complexity index is 581. The molecule has 0 aliphatic rings. The van der Waals surface area contributed by atoms with Crippen LogP contribution in [0.1, 0.15) is 24.2 Å². The van der Waals surface area contributed by atoms with Gasteiger partial charge < -0.3 is 4.74 Å². The summed E-state index contributed by atoms with van der Waals surface area (Å²) in [6, 6.07) is 4.97. The van der Waals surface area contributed by atoms with E-state index in [1.54, 1.807) is 13.8 Å². The predicted octanol–water partition coefficient (Wildman–Crippen LogP) is 2.47. The van der Waals surface area contributed by atoms with E-state index < -0.39 is 28.6 Å². The van der Waals surface area contributed by atoms with Gasteiger partial charge in [0.25, 0.3) is 10.1 Å². The van der Waals surface area contributed by atoms with Gasteiger partial charge in [-0.05, 0) is 30.2 Å². The Balaban J connectivity index is 2.94. The molecule has 5 nitrogen and oxygen atoms in total. The van der Waals surface area contributed by atoms with Gasteiger partial charge in [0, 0.05) is 5.56 Å². The number of ether oxygens (including phenoxy) is 1.